The van der Waals surface area contributed by atoms with E-state index in [1.54, 1.807) is 24.7 Å². The quantitative estimate of drug-likeness (QED) is 0.101. The molecule has 4 aromatic heterocycles. The first kappa shape index (κ1) is 27.2. The first-order valence-corrected chi connectivity index (χ1v) is 11.4. The van der Waals surface area contributed by atoms with E-state index in [-0.39, 0.29) is 19.5 Å². The first-order chi connectivity index (χ1) is 17.8. The van der Waals surface area contributed by atoms with Gasteiger partial charge in [-0.2, -0.15) is 0 Å². The molecule has 2 aromatic carbocycles. The van der Waals surface area contributed by atoms with Gasteiger partial charge in [-0.1, -0.05) is 60.7 Å². The molecule has 0 amide bonds. The standard InChI is InChI=1S/C12H8N2.C10H8N2.C9H8O.Ru/c1-3-9-5-6-11-10(4-2-7-13-11)12(9)14-8-1;1-3-7-11-9(5-1)10-6-2-4-8-12-10;10-8-4-7-9-5-2-1-3-6-9;/h1-8H;1-8H;1-8H;. The molecule has 5 nitrogen and oxygen atoms in total. The van der Waals surface area contributed by atoms with Gasteiger partial charge in [-0.15, -0.1) is 0 Å². The molecule has 0 saturated heterocycles. The SMILES string of the molecule is O=CC=Cc1ccccc1.[Ru].c1ccc(-c2ccccn2)nc1.c1cnc2c(c1)ccc1ncccc12. The zero-order valence-corrected chi connectivity index (χ0v) is 21.6. The summed E-state index contributed by atoms with van der Waals surface area (Å²) < 4.78 is 0. The van der Waals surface area contributed by atoms with E-state index in [0.717, 1.165) is 45.0 Å². The maximum Gasteiger partial charge on any atom is 0.142 e. The molecule has 6 aromatic rings. The second-order valence-electron chi connectivity index (χ2n) is 7.55. The van der Waals surface area contributed by atoms with Crippen LogP contribution in [0.5, 0.6) is 0 Å². The normalized spacial score (nSPS) is 9.95. The number of carbonyl (C=O) groups is 1. The minimum absolute atomic E-state index is 0. The predicted octanol–water partition coefficient (Wildman–Crippen LogP) is 6.82. The van der Waals surface area contributed by atoms with E-state index in [4.69, 9.17) is 0 Å². The van der Waals surface area contributed by atoms with Gasteiger partial charge in [-0.25, -0.2) is 0 Å². The Hall–Kier alpha value is -4.41. The predicted molar refractivity (Wildman–Crippen MR) is 146 cm³/mol. The van der Waals surface area contributed by atoms with E-state index < -0.39 is 0 Å². The van der Waals surface area contributed by atoms with Crippen molar-refractivity contribution in [2.45, 2.75) is 0 Å². The van der Waals surface area contributed by atoms with Crippen molar-refractivity contribution >= 4 is 34.2 Å². The van der Waals surface area contributed by atoms with E-state index in [9.17, 15) is 4.79 Å². The summed E-state index contributed by atoms with van der Waals surface area (Å²) >= 11 is 0. The van der Waals surface area contributed by atoms with Gasteiger partial charge in [-0.3, -0.25) is 24.7 Å². The van der Waals surface area contributed by atoms with Crippen molar-refractivity contribution in [3.8, 4) is 11.4 Å². The molecule has 6 rings (SSSR count). The number of aromatic nitrogens is 4. The van der Waals surface area contributed by atoms with Crippen LogP contribution in [0.15, 0.2) is 134 Å². The third-order valence-electron chi connectivity index (χ3n) is 5.11. The van der Waals surface area contributed by atoms with E-state index >= 15 is 0 Å². The molecule has 0 saturated carbocycles. The van der Waals surface area contributed by atoms with E-state index in [1.807, 2.05) is 91.1 Å². The Morgan fingerprint density at radius 2 is 1.16 bits per heavy atom. The molecule has 0 aliphatic carbocycles. The van der Waals surface area contributed by atoms with Crippen LogP contribution in [0.25, 0.3) is 39.3 Å². The molecule has 4 heterocycles. The van der Waals surface area contributed by atoms with Gasteiger partial charge in [0.15, 0.2) is 0 Å². The third kappa shape index (κ3) is 8.06. The Balaban J connectivity index is 0.000000155. The van der Waals surface area contributed by atoms with Crippen LogP contribution in [0.4, 0.5) is 0 Å². The van der Waals surface area contributed by atoms with Crippen LogP contribution < -0.4 is 0 Å². The number of benzene rings is 2. The van der Waals surface area contributed by atoms with Crippen LogP contribution in [-0.4, -0.2) is 26.2 Å². The molecule has 0 aliphatic rings. The van der Waals surface area contributed by atoms with Crippen molar-refractivity contribution in [1.29, 1.82) is 0 Å². The average Bonchev–Trinajstić information content (AvgIpc) is 2.98. The molecule has 0 N–H and O–H groups in total. The number of fused-ring (bicyclic) bond motifs is 3. The van der Waals surface area contributed by atoms with Gasteiger partial charge in [0.1, 0.15) is 6.29 Å². The van der Waals surface area contributed by atoms with Crippen LogP contribution in [-0.2, 0) is 24.3 Å². The molecule has 6 heteroatoms. The number of allylic oxidation sites excluding steroid dienone is 1. The summed E-state index contributed by atoms with van der Waals surface area (Å²) in [6, 6.07) is 33.4. The van der Waals surface area contributed by atoms with Crippen LogP contribution >= 0.6 is 0 Å². The molecule has 0 radical (unpaired) electrons. The number of aldehydes is 1. The number of nitrogens with zero attached hydrogens (tertiary/aromatic N) is 4. The van der Waals surface area contributed by atoms with Gasteiger partial charge >= 0.3 is 0 Å². The Kier molecular flexibility index (Phi) is 10.9. The van der Waals surface area contributed by atoms with Crippen molar-refractivity contribution in [3.63, 3.8) is 0 Å². The summed E-state index contributed by atoms with van der Waals surface area (Å²) in [5.74, 6) is 0. The average molecular weight is 570 g/mol. The monoisotopic (exact) mass is 570 g/mol. The summed E-state index contributed by atoms with van der Waals surface area (Å²) in [5.41, 5.74) is 4.91. The number of hydrogen-bond donors (Lipinski definition) is 0. The number of carbonyl (C=O) groups excluding carboxylic acids is 1. The Morgan fingerprint density at radius 1 is 0.541 bits per heavy atom. The second kappa shape index (κ2) is 14.9. The zero-order chi connectivity index (χ0) is 24.8. The molecular weight excluding hydrogens is 545 g/mol. The largest absolute Gasteiger partial charge is 0.299 e. The number of rotatable bonds is 3. The van der Waals surface area contributed by atoms with Gasteiger partial charge in [-0.05, 0) is 60.2 Å². The van der Waals surface area contributed by atoms with E-state index in [0.29, 0.717) is 0 Å². The number of hydrogen-bond acceptors (Lipinski definition) is 5. The zero-order valence-electron chi connectivity index (χ0n) is 19.9. The first-order valence-electron chi connectivity index (χ1n) is 11.4. The van der Waals surface area contributed by atoms with Crippen molar-refractivity contribution < 1.29 is 24.3 Å². The molecule has 0 bridgehead atoms. The molecule has 0 spiro atoms. The minimum atomic E-state index is 0. The third-order valence-corrected chi connectivity index (χ3v) is 5.11. The molecule has 0 unspecified atom stereocenters. The van der Waals surface area contributed by atoms with Gasteiger partial charge in [0.2, 0.25) is 0 Å². The molecule has 0 aliphatic heterocycles. The van der Waals surface area contributed by atoms with Crippen molar-refractivity contribution in [1.82, 2.24) is 19.9 Å². The fourth-order valence-corrected chi connectivity index (χ4v) is 3.44. The van der Waals surface area contributed by atoms with E-state index in [2.05, 4.69) is 38.1 Å². The smallest absolute Gasteiger partial charge is 0.142 e. The van der Waals surface area contributed by atoms with Crippen LogP contribution in [0, 0.1) is 0 Å². The summed E-state index contributed by atoms with van der Waals surface area (Å²) in [6.45, 7) is 0. The van der Waals surface area contributed by atoms with Crippen molar-refractivity contribution in [2.24, 2.45) is 0 Å². The number of pyridine rings is 4. The van der Waals surface area contributed by atoms with Crippen molar-refractivity contribution in [2.75, 3.05) is 0 Å². The Bertz CT molecular complexity index is 1450. The van der Waals surface area contributed by atoms with Gasteiger partial charge in [0, 0.05) is 55.0 Å². The van der Waals surface area contributed by atoms with Crippen LogP contribution in [0.1, 0.15) is 5.56 Å². The molecule has 0 fully saturated rings. The van der Waals surface area contributed by atoms with Crippen LogP contribution in [0.2, 0.25) is 0 Å². The van der Waals surface area contributed by atoms with Gasteiger partial charge in [0.25, 0.3) is 0 Å². The topological polar surface area (TPSA) is 68.6 Å². The fourth-order valence-electron chi connectivity index (χ4n) is 3.44. The van der Waals surface area contributed by atoms with E-state index in [1.165, 1.54) is 6.08 Å². The Labute approximate surface area is 228 Å². The maximum absolute atomic E-state index is 9.89. The van der Waals surface area contributed by atoms with Gasteiger partial charge < -0.3 is 0 Å². The summed E-state index contributed by atoms with van der Waals surface area (Å²) in [7, 11) is 0. The maximum atomic E-state index is 9.89. The fraction of sp³-hybridized carbons (Fsp3) is 0. The van der Waals surface area contributed by atoms with Crippen molar-refractivity contribution in [3.05, 3.63) is 140 Å². The molecule has 37 heavy (non-hydrogen) atoms. The van der Waals surface area contributed by atoms with Crippen LogP contribution in [0.3, 0.4) is 0 Å². The van der Waals surface area contributed by atoms with Gasteiger partial charge in [0.05, 0.1) is 22.4 Å². The minimum Gasteiger partial charge on any atom is -0.299 e. The molecule has 0 atom stereocenters. The second-order valence-corrected chi connectivity index (χ2v) is 7.55. The summed E-state index contributed by atoms with van der Waals surface area (Å²) in [6.07, 6.45) is 11.2. The Morgan fingerprint density at radius 3 is 1.81 bits per heavy atom. The summed E-state index contributed by atoms with van der Waals surface area (Å²) in [4.78, 5) is 26.9. The summed E-state index contributed by atoms with van der Waals surface area (Å²) in [5, 5.41) is 2.28. The molecule has 182 valence electrons. The molecular formula is C31H24N4ORu.